The molecule has 0 bridgehead atoms. The van der Waals surface area contributed by atoms with E-state index in [2.05, 4.69) is 0 Å². The topological polar surface area (TPSA) is 59.5 Å². The van der Waals surface area contributed by atoms with Crippen molar-refractivity contribution >= 4 is 5.91 Å². The highest BCUT2D eigenvalue weighted by atomic mass is 16.3. The molecule has 1 saturated carbocycles. The second-order valence-electron chi connectivity index (χ2n) is 5.34. The highest BCUT2D eigenvalue weighted by molar-refractivity contribution is 5.79. The van der Waals surface area contributed by atoms with E-state index in [0.29, 0.717) is 13.1 Å². The summed E-state index contributed by atoms with van der Waals surface area (Å²) in [4.78, 5) is 14.5. The van der Waals surface area contributed by atoms with E-state index in [4.69, 9.17) is 10.2 Å². The fourth-order valence-electron chi connectivity index (χ4n) is 2.81. The normalized spacial score (nSPS) is 23.9. The van der Waals surface area contributed by atoms with Crippen molar-refractivity contribution in [3.05, 3.63) is 24.2 Å². The van der Waals surface area contributed by atoms with Crippen molar-refractivity contribution in [3.8, 4) is 0 Å². The number of hydrogen-bond donors (Lipinski definition) is 1. The fourth-order valence-corrected chi connectivity index (χ4v) is 2.81. The van der Waals surface area contributed by atoms with Crippen LogP contribution in [0.1, 0.15) is 44.8 Å². The highest BCUT2D eigenvalue weighted by Crippen LogP contribution is 2.24. The first-order valence-corrected chi connectivity index (χ1v) is 7.29. The summed E-state index contributed by atoms with van der Waals surface area (Å²) in [6, 6.07) is 3.77. The van der Waals surface area contributed by atoms with Crippen LogP contribution >= 0.6 is 0 Å². The summed E-state index contributed by atoms with van der Waals surface area (Å²) in [5, 5.41) is 0. The Kier molecular flexibility index (Phi) is 5.02. The average Bonchev–Trinajstić information content (AvgIpc) is 2.83. The Morgan fingerprint density at radius 1 is 1.42 bits per heavy atom. The third kappa shape index (κ3) is 3.60. The maximum Gasteiger partial charge on any atom is 0.227 e. The number of nitrogens with two attached hydrogens (primary N) is 1. The van der Waals surface area contributed by atoms with Gasteiger partial charge in [-0.25, -0.2) is 0 Å². The van der Waals surface area contributed by atoms with Crippen molar-refractivity contribution in [2.75, 3.05) is 6.54 Å². The Labute approximate surface area is 114 Å². The van der Waals surface area contributed by atoms with E-state index in [1.165, 1.54) is 6.42 Å². The zero-order valence-corrected chi connectivity index (χ0v) is 11.7. The van der Waals surface area contributed by atoms with Gasteiger partial charge in [0.1, 0.15) is 5.76 Å². The lowest BCUT2D eigenvalue weighted by Gasteiger charge is -2.28. The van der Waals surface area contributed by atoms with Gasteiger partial charge in [0.05, 0.1) is 18.7 Å². The summed E-state index contributed by atoms with van der Waals surface area (Å²) >= 11 is 0. The quantitative estimate of drug-likeness (QED) is 0.850. The van der Waals surface area contributed by atoms with E-state index < -0.39 is 0 Å². The molecule has 1 aliphatic rings. The molecule has 19 heavy (non-hydrogen) atoms. The predicted molar refractivity (Wildman–Crippen MR) is 74.3 cm³/mol. The fraction of sp³-hybridized carbons (Fsp3) is 0.667. The molecule has 4 nitrogen and oxygen atoms in total. The Bertz CT molecular complexity index is 389. The zero-order chi connectivity index (χ0) is 13.7. The molecule has 0 spiro atoms. The molecule has 4 heteroatoms. The Morgan fingerprint density at radius 2 is 2.21 bits per heavy atom. The van der Waals surface area contributed by atoms with Crippen LogP contribution in [0.4, 0.5) is 0 Å². The Balaban J connectivity index is 2.02. The van der Waals surface area contributed by atoms with Crippen molar-refractivity contribution in [2.24, 2.45) is 11.7 Å². The van der Waals surface area contributed by atoms with E-state index in [1.54, 1.807) is 6.26 Å². The van der Waals surface area contributed by atoms with Gasteiger partial charge in [0, 0.05) is 12.6 Å². The third-order valence-corrected chi connectivity index (χ3v) is 4.01. The summed E-state index contributed by atoms with van der Waals surface area (Å²) in [6.45, 7) is 3.25. The minimum Gasteiger partial charge on any atom is -0.467 e. The van der Waals surface area contributed by atoms with Crippen LogP contribution in [0.2, 0.25) is 0 Å². The maximum atomic E-state index is 12.6. The summed E-state index contributed by atoms with van der Waals surface area (Å²) in [7, 11) is 0. The lowest BCUT2D eigenvalue weighted by atomic mass is 9.94. The van der Waals surface area contributed by atoms with Crippen molar-refractivity contribution in [1.29, 1.82) is 0 Å². The molecule has 0 radical (unpaired) electrons. The van der Waals surface area contributed by atoms with Crippen molar-refractivity contribution in [1.82, 2.24) is 4.90 Å². The molecule has 1 aliphatic carbocycles. The molecular formula is C15H24N2O2. The third-order valence-electron chi connectivity index (χ3n) is 4.01. The van der Waals surface area contributed by atoms with Crippen LogP contribution in [0, 0.1) is 5.92 Å². The van der Waals surface area contributed by atoms with E-state index in [0.717, 1.165) is 31.4 Å². The van der Waals surface area contributed by atoms with Gasteiger partial charge in [-0.3, -0.25) is 4.79 Å². The van der Waals surface area contributed by atoms with Crippen LogP contribution < -0.4 is 5.73 Å². The number of carbonyl (C=O) groups is 1. The first kappa shape index (κ1) is 14.1. The molecule has 2 rings (SSSR count). The standard InChI is InChI=1S/C15H24N2O2/c1-2-17(11-12-7-6-10-19-12)15(18)13-8-4-3-5-9-14(13)16/h6-7,10,13-14H,2-5,8-9,11,16H2,1H3. The lowest BCUT2D eigenvalue weighted by molar-refractivity contribution is -0.137. The molecular weight excluding hydrogens is 240 g/mol. The molecule has 0 aromatic carbocycles. The Morgan fingerprint density at radius 3 is 2.89 bits per heavy atom. The van der Waals surface area contributed by atoms with Gasteiger partial charge < -0.3 is 15.1 Å². The van der Waals surface area contributed by atoms with E-state index >= 15 is 0 Å². The summed E-state index contributed by atoms with van der Waals surface area (Å²) in [5.41, 5.74) is 6.17. The lowest BCUT2D eigenvalue weighted by Crippen LogP contribution is -2.43. The number of furan rings is 1. The minimum atomic E-state index is -0.0163. The zero-order valence-electron chi connectivity index (χ0n) is 11.7. The van der Waals surface area contributed by atoms with E-state index in [9.17, 15) is 4.79 Å². The molecule has 0 saturated heterocycles. The molecule has 1 heterocycles. The van der Waals surface area contributed by atoms with Gasteiger partial charge in [0.2, 0.25) is 5.91 Å². The van der Waals surface area contributed by atoms with Crippen LogP contribution in [0.15, 0.2) is 22.8 Å². The monoisotopic (exact) mass is 264 g/mol. The van der Waals surface area contributed by atoms with E-state index in [-0.39, 0.29) is 17.9 Å². The molecule has 1 amide bonds. The SMILES string of the molecule is CCN(Cc1ccco1)C(=O)C1CCCCCC1N. The molecule has 1 fully saturated rings. The van der Waals surface area contributed by atoms with Crippen LogP contribution in [-0.2, 0) is 11.3 Å². The Hall–Kier alpha value is -1.29. The minimum absolute atomic E-state index is 0.0145. The summed E-state index contributed by atoms with van der Waals surface area (Å²) < 4.78 is 5.33. The number of rotatable bonds is 4. The molecule has 106 valence electrons. The number of amides is 1. The molecule has 2 N–H and O–H groups in total. The van der Waals surface area contributed by atoms with Crippen LogP contribution in [0.5, 0.6) is 0 Å². The molecule has 0 aliphatic heterocycles. The maximum absolute atomic E-state index is 12.6. The summed E-state index contributed by atoms with van der Waals surface area (Å²) in [6.07, 6.45) is 6.99. The number of nitrogens with zero attached hydrogens (tertiary/aromatic N) is 1. The molecule has 2 unspecified atom stereocenters. The first-order valence-electron chi connectivity index (χ1n) is 7.29. The summed E-state index contributed by atoms with van der Waals surface area (Å²) in [5.74, 6) is 1.00. The van der Waals surface area contributed by atoms with Gasteiger partial charge in [0.15, 0.2) is 0 Å². The molecule has 2 atom stereocenters. The smallest absolute Gasteiger partial charge is 0.227 e. The van der Waals surface area contributed by atoms with Crippen molar-refractivity contribution in [2.45, 2.75) is 51.6 Å². The van der Waals surface area contributed by atoms with Gasteiger partial charge in [-0.15, -0.1) is 0 Å². The van der Waals surface area contributed by atoms with Gasteiger partial charge in [-0.05, 0) is 31.9 Å². The van der Waals surface area contributed by atoms with Crippen molar-refractivity contribution < 1.29 is 9.21 Å². The molecule has 1 aromatic heterocycles. The second-order valence-corrected chi connectivity index (χ2v) is 5.34. The number of hydrogen-bond acceptors (Lipinski definition) is 3. The van der Waals surface area contributed by atoms with Gasteiger partial charge in [-0.1, -0.05) is 19.3 Å². The van der Waals surface area contributed by atoms with Gasteiger partial charge in [0.25, 0.3) is 0 Å². The van der Waals surface area contributed by atoms with Gasteiger partial charge in [-0.2, -0.15) is 0 Å². The average molecular weight is 264 g/mol. The van der Waals surface area contributed by atoms with Crippen LogP contribution in [-0.4, -0.2) is 23.4 Å². The second kappa shape index (κ2) is 6.75. The largest absolute Gasteiger partial charge is 0.467 e. The predicted octanol–water partition coefficient (Wildman–Crippen LogP) is 2.54. The van der Waals surface area contributed by atoms with E-state index in [1.807, 2.05) is 24.0 Å². The molecule has 1 aromatic rings. The van der Waals surface area contributed by atoms with Crippen LogP contribution in [0.3, 0.4) is 0 Å². The number of carbonyl (C=O) groups excluding carboxylic acids is 1. The highest BCUT2D eigenvalue weighted by Gasteiger charge is 2.30. The van der Waals surface area contributed by atoms with Gasteiger partial charge >= 0.3 is 0 Å². The van der Waals surface area contributed by atoms with Crippen LogP contribution in [0.25, 0.3) is 0 Å². The van der Waals surface area contributed by atoms with Crippen molar-refractivity contribution in [3.63, 3.8) is 0 Å². The first-order chi connectivity index (χ1) is 9.22.